The Hall–Kier alpha value is -6.00. The van der Waals surface area contributed by atoms with E-state index >= 15 is 0 Å². The fraction of sp³-hybridized carbons (Fsp3) is 0. The van der Waals surface area contributed by atoms with Gasteiger partial charge in [0.05, 0.1) is 22.4 Å². The first-order valence-corrected chi connectivity index (χ1v) is 14.8. The van der Waals surface area contributed by atoms with Gasteiger partial charge in [-0.05, 0) is 54.6 Å². The van der Waals surface area contributed by atoms with Crippen LogP contribution < -0.4 is 0 Å². The van der Waals surface area contributed by atoms with Crippen molar-refractivity contribution >= 4 is 43.7 Å². The minimum Gasteiger partial charge on any atom is -0.456 e. The third-order valence-electron chi connectivity index (χ3n) is 8.41. The van der Waals surface area contributed by atoms with Gasteiger partial charge in [0, 0.05) is 43.9 Å². The highest BCUT2D eigenvalue weighted by molar-refractivity contribution is 6.09. The second kappa shape index (κ2) is 9.79. The van der Waals surface area contributed by atoms with Crippen molar-refractivity contribution in [2.24, 2.45) is 0 Å². The summed E-state index contributed by atoms with van der Waals surface area (Å²) in [6.07, 6.45) is 0. The molecule has 206 valence electrons. The predicted octanol–water partition coefficient (Wildman–Crippen LogP) is 10.5. The minimum absolute atomic E-state index is 0.692. The van der Waals surface area contributed by atoms with E-state index in [1.807, 2.05) is 42.5 Å². The van der Waals surface area contributed by atoms with Gasteiger partial charge in [0.25, 0.3) is 0 Å². The van der Waals surface area contributed by atoms with Gasteiger partial charge >= 0.3 is 0 Å². The molecule has 0 aliphatic rings. The normalized spacial score (nSPS) is 11.6. The second-order valence-corrected chi connectivity index (χ2v) is 11.1. The van der Waals surface area contributed by atoms with E-state index in [1.165, 1.54) is 21.8 Å². The molecular formula is C40H25N3O. The van der Waals surface area contributed by atoms with Crippen LogP contribution in [0.4, 0.5) is 0 Å². The molecule has 0 fully saturated rings. The van der Waals surface area contributed by atoms with Crippen molar-refractivity contribution < 1.29 is 4.42 Å². The maximum absolute atomic E-state index is 6.10. The first kappa shape index (κ1) is 24.6. The fourth-order valence-corrected chi connectivity index (χ4v) is 6.35. The SMILES string of the molecule is c1ccc(-c2nc(-c3cccc(-n4c5ccccc5c5ccccc54)c3)cc(-c3ccc4oc5ccccc5c4c3)n2)cc1. The first-order valence-electron chi connectivity index (χ1n) is 14.8. The summed E-state index contributed by atoms with van der Waals surface area (Å²) < 4.78 is 8.44. The van der Waals surface area contributed by atoms with E-state index in [2.05, 4.69) is 114 Å². The molecule has 3 aromatic heterocycles. The Balaban J connectivity index is 1.24. The summed E-state index contributed by atoms with van der Waals surface area (Å²) in [4.78, 5) is 10.2. The number of benzene rings is 6. The molecule has 0 spiro atoms. The van der Waals surface area contributed by atoms with Crippen molar-refractivity contribution in [2.45, 2.75) is 0 Å². The maximum Gasteiger partial charge on any atom is 0.160 e. The van der Waals surface area contributed by atoms with Crippen LogP contribution >= 0.6 is 0 Å². The number of para-hydroxylation sites is 3. The smallest absolute Gasteiger partial charge is 0.160 e. The summed E-state index contributed by atoms with van der Waals surface area (Å²) in [7, 11) is 0. The van der Waals surface area contributed by atoms with Crippen LogP contribution in [-0.4, -0.2) is 14.5 Å². The van der Waals surface area contributed by atoms with Crippen molar-refractivity contribution in [2.75, 3.05) is 0 Å². The van der Waals surface area contributed by atoms with E-state index in [0.717, 1.165) is 55.7 Å². The second-order valence-electron chi connectivity index (χ2n) is 11.1. The minimum atomic E-state index is 0.692. The molecule has 0 aliphatic carbocycles. The lowest BCUT2D eigenvalue weighted by atomic mass is 10.0. The van der Waals surface area contributed by atoms with Crippen molar-refractivity contribution in [3.8, 4) is 39.6 Å². The van der Waals surface area contributed by atoms with E-state index in [1.54, 1.807) is 0 Å². The standard InChI is InChI=1S/C40H25N3O/c1-2-11-26(12-3-1)40-41-34(25-35(42-40)28-21-22-39-33(24-28)32-17-6-9-20-38(32)44-39)27-13-10-14-29(23-27)43-36-18-7-4-15-30(36)31-16-5-8-19-37(31)43/h1-25H. The van der Waals surface area contributed by atoms with E-state index in [9.17, 15) is 0 Å². The van der Waals surface area contributed by atoms with Gasteiger partial charge in [0.2, 0.25) is 0 Å². The third-order valence-corrected chi connectivity index (χ3v) is 8.41. The summed E-state index contributed by atoms with van der Waals surface area (Å²) in [5.41, 5.74) is 9.96. The number of hydrogen-bond acceptors (Lipinski definition) is 3. The number of furan rings is 1. The average molecular weight is 564 g/mol. The van der Waals surface area contributed by atoms with Crippen LogP contribution in [0, 0.1) is 0 Å². The van der Waals surface area contributed by atoms with Gasteiger partial charge in [-0.3, -0.25) is 0 Å². The van der Waals surface area contributed by atoms with E-state index in [4.69, 9.17) is 14.4 Å². The zero-order valence-corrected chi connectivity index (χ0v) is 23.7. The lowest BCUT2D eigenvalue weighted by Crippen LogP contribution is -1.97. The van der Waals surface area contributed by atoms with Crippen molar-refractivity contribution in [3.63, 3.8) is 0 Å². The van der Waals surface area contributed by atoms with Crippen LogP contribution in [0.5, 0.6) is 0 Å². The molecule has 0 bridgehead atoms. The van der Waals surface area contributed by atoms with Gasteiger partial charge in [0.15, 0.2) is 5.82 Å². The molecule has 0 aliphatic heterocycles. The maximum atomic E-state index is 6.10. The number of nitrogens with zero attached hydrogens (tertiary/aromatic N) is 3. The molecule has 0 saturated carbocycles. The molecule has 0 radical (unpaired) electrons. The molecule has 3 heterocycles. The lowest BCUT2D eigenvalue weighted by Gasteiger charge is -2.12. The molecule has 6 aromatic carbocycles. The molecule has 0 amide bonds. The van der Waals surface area contributed by atoms with Gasteiger partial charge in [-0.1, -0.05) is 97.1 Å². The Morgan fingerprint density at radius 1 is 0.409 bits per heavy atom. The lowest BCUT2D eigenvalue weighted by molar-refractivity contribution is 0.669. The Labute approximate surface area is 253 Å². The molecule has 0 N–H and O–H groups in total. The van der Waals surface area contributed by atoms with Crippen LogP contribution in [0.25, 0.3) is 83.3 Å². The van der Waals surface area contributed by atoms with Crippen molar-refractivity contribution in [1.29, 1.82) is 0 Å². The quantitative estimate of drug-likeness (QED) is 0.214. The number of rotatable bonds is 4. The summed E-state index contributed by atoms with van der Waals surface area (Å²) in [5, 5.41) is 4.66. The molecule has 4 nitrogen and oxygen atoms in total. The zero-order valence-electron chi connectivity index (χ0n) is 23.7. The Morgan fingerprint density at radius 3 is 1.75 bits per heavy atom. The van der Waals surface area contributed by atoms with Gasteiger partial charge < -0.3 is 8.98 Å². The monoisotopic (exact) mass is 563 g/mol. The summed E-state index contributed by atoms with van der Waals surface area (Å²) in [5.74, 6) is 0.692. The first-order chi connectivity index (χ1) is 21.8. The van der Waals surface area contributed by atoms with E-state index in [-0.39, 0.29) is 0 Å². The van der Waals surface area contributed by atoms with E-state index < -0.39 is 0 Å². The number of aromatic nitrogens is 3. The van der Waals surface area contributed by atoms with Gasteiger partial charge in [-0.25, -0.2) is 9.97 Å². The van der Waals surface area contributed by atoms with Crippen LogP contribution in [-0.2, 0) is 0 Å². The van der Waals surface area contributed by atoms with Gasteiger partial charge in [0.1, 0.15) is 11.2 Å². The average Bonchev–Trinajstić information content (AvgIpc) is 3.64. The molecular weight excluding hydrogens is 538 g/mol. The Morgan fingerprint density at radius 2 is 1.00 bits per heavy atom. The molecule has 9 rings (SSSR count). The molecule has 0 saturated heterocycles. The summed E-state index contributed by atoms with van der Waals surface area (Å²) in [6.45, 7) is 0. The van der Waals surface area contributed by atoms with E-state index in [0.29, 0.717) is 5.82 Å². The van der Waals surface area contributed by atoms with Gasteiger partial charge in [-0.15, -0.1) is 0 Å². The topological polar surface area (TPSA) is 43.9 Å². The summed E-state index contributed by atoms with van der Waals surface area (Å²) in [6, 6.07) is 52.6. The molecule has 4 heteroatoms. The Bertz CT molecular complexity index is 2450. The highest BCUT2D eigenvalue weighted by atomic mass is 16.3. The van der Waals surface area contributed by atoms with Crippen LogP contribution in [0.1, 0.15) is 0 Å². The molecule has 44 heavy (non-hydrogen) atoms. The van der Waals surface area contributed by atoms with Gasteiger partial charge in [-0.2, -0.15) is 0 Å². The predicted molar refractivity (Wildman–Crippen MR) is 180 cm³/mol. The Kier molecular flexibility index (Phi) is 5.47. The highest BCUT2D eigenvalue weighted by Gasteiger charge is 2.15. The fourth-order valence-electron chi connectivity index (χ4n) is 6.35. The van der Waals surface area contributed by atoms with Crippen LogP contribution in [0.3, 0.4) is 0 Å². The molecule has 0 unspecified atom stereocenters. The van der Waals surface area contributed by atoms with Crippen molar-refractivity contribution in [1.82, 2.24) is 14.5 Å². The highest BCUT2D eigenvalue weighted by Crippen LogP contribution is 2.36. The van der Waals surface area contributed by atoms with Crippen LogP contribution in [0.15, 0.2) is 156 Å². The number of hydrogen-bond donors (Lipinski definition) is 0. The molecule has 9 aromatic rings. The number of fused-ring (bicyclic) bond motifs is 6. The molecule has 0 atom stereocenters. The third kappa shape index (κ3) is 3.92. The summed E-state index contributed by atoms with van der Waals surface area (Å²) >= 11 is 0. The largest absolute Gasteiger partial charge is 0.456 e. The van der Waals surface area contributed by atoms with Crippen LogP contribution in [0.2, 0.25) is 0 Å². The zero-order chi connectivity index (χ0) is 29.0. The van der Waals surface area contributed by atoms with Crippen molar-refractivity contribution in [3.05, 3.63) is 152 Å².